The van der Waals surface area contributed by atoms with Crippen molar-refractivity contribution >= 4 is 34.4 Å². The van der Waals surface area contributed by atoms with Crippen molar-refractivity contribution in [1.82, 2.24) is 0 Å². The summed E-state index contributed by atoms with van der Waals surface area (Å²) in [5.41, 5.74) is 0.240. The molecule has 0 atom stereocenters. The van der Waals surface area contributed by atoms with Gasteiger partial charge < -0.3 is 9.47 Å². The lowest BCUT2D eigenvalue weighted by molar-refractivity contribution is 0.0635. The van der Waals surface area contributed by atoms with E-state index in [1.807, 2.05) is 39.0 Å². The molecule has 5 heteroatoms. The zero-order valence-corrected chi connectivity index (χ0v) is 14.2. The van der Waals surface area contributed by atoms with E-state index in [-0.39, 0.29) is 0 Å². The molecule has 1 saturated carbocycles. The van der Waals surface area contributed by atoms with Crippen molar-refractivity contribution in [1.29, 1.82) is 0 Å². The third-order valence-corrected chi connectivity index (χ3v) is 3.82. The minimum Gasteiger partial charge on any atom is -0.490 e. The smallest absolute Gasteiger partial charge is 0.412 e. The highest BCUT2D eigenvalue weighted by molar-refractivity contribution is 14.1. The SMILES string of the molecule is CC(C)(C)OC(=O)Nc1ccc(OC2CCC2)cc1I. The van der Waals surface area contributed by atoms with Gasteiger partial charge >= 0.3 is 6.09 Å². The molecule has 0 heterocycles. The Balaban J connectivity index is 1.96. The van der Waals surface area contributed by atoms with Crippen LogP contribution in [0.1, 0.15) is 40.0 Å². The van der Waals surface area contributed by atoms with Crippen LogP contribution in [0, 0.1) is 3.57 Å². The van der Waals surface area contributed by atoms with Gasteiger partial charge in [0.25, 0.3) is 0 Å². The highest BCUT2D eigenvalue weighted by Crippen LogP contribution is 2.29. The first-order valence-corrected chi connectivity index (χ1v) is 7.87. The van der Waals surface area contributed by atoms with Crippen molar-refractivity contribution in [3.8, 4) is 5.75 Å². The Hall–Kier alpha value is -0.980. The molecule has 0 aromatic heterocycles. The number of amides is 1. The van der Waals surface area contributed by atoms with Crippen molar-refractivity contribution < 1.29 is 14.3 Å². The van der Waals surface area contributed by atoms with E-state index >= 15 is 0 Å². The van der Waals surface area contributed by atoms with Crippen LogP contribution in [0.5, 0.6) is 5.75 Å². The lowest BCUT2D eigenvalue weighted by atomic mass is 9.96. The summed E-state index contributed by atoms with van der Waals surface area (Å²) in [5, 5.41) is 2.75. The van der Waals surface area contributed by atoms with Crippen molar-refractivity contribution in [2.24, 2.45) is 0 Å². The predicted octanol–water partition coefficient (Wildman–Crippen LogP) is 4.57. The number of ether oxygens (including phenoxy) is 2. The Bertz CT molecular complexity index is 492. The second kappa shape index (κ2) is 6.20. The number of carbonyl (C=O) groups is 1. The number of carbonyl (C=O) groups excluding carboxylic acids is 1. The number of nitrogens with one attached hydrogen (secondary N) is 1. The van der Waals surface area contributed by atoms with Gasteiger partial charge in [-0.25, -0.2) is 4.79 Å². The van der Waals surface area contributed by atoms with Crippen molar-refractivity contribution in [3.05, 3.63) is 21.8 Å². The normalized spacial score (nSPS) is 15.4. The largest absolute Gasteiger partial charge is 0.490 e. The summed E-state index contributed by atoms with van der Waals surface area (Å²) >= 11 is 2.18. The van der Waals surface area contributed by atoms with Gasteiger partial charge in [0.1, 0.15) is 11.4 Å². The summed E-state index contributed by atoms with van der Waals surface area (Å²) in [4.78, 5) is 11.7. The molecule has 1 aromatic carbocycles. The maximum absolute atomic E-state index is 11.7. The topological polar surface area (TPSA) is 47.6 Å². The Morgan fingerprint density at radius 1 is 1.35 bits per heavy atom. The number of rotatable bonds is 3. The quantitative estimate of drug-likeness (QED) is 0.771. The zero-order chi connectivity index (χ0) is 14.8. The van der Waals surface area contributed by atoms with Gasteiger partial charge in [-0.2, -0.15) is 0 Å². The first kappa shape index (κ1) is 15.4. The highest BCUT2D eigenvalue weighted by atomic mass is 127. The summed E-state index contributed by atoms with van der Waals surface area (Å²) in [6.07, 6.45) is 3.43. The fourth-order valence-electron chi connectivity index (χ4n) is 1.77. The molecule has 0 bridgehead atoms. The van der Waals surface area contributed by atoms with E-state index in [1.54, 1.807) is 0 Å². The lowest BCUT2D eigenvalue weighted by Crippen LogP contribution is -2.27. The molecule has 1 aromatic rings. The first-order valence-electron chi connectivity index (χ1n) is 6.80. The maximum atomic E-state index is 11.7. The van der Waals surface area contributed by atoms with Crippen molar-refractivity contribution in [2.75, 3.05) is 5.32 Å². The molecule has 4 nitrogen and oxygen atoms in total. The maximum Gasteiger partial charge on any atom is 0.412 e. The standard InChI is InChI=1S/C15H20INO3/c1-15(2,3)20-14(18)17-13-8-7-11(9-12(13)16)19-10-5-4-6-10/h7-10H,4-6H2,1-3H3,(H,17,18). The molecule has 1 fully saturated rings. The van der Waals surface area contributed by atoms with Gasteiger partial charge in [0, 0.05) is 3.57 Å². The van der Waals surface area contributed by atoms with Crippen LogP contribution in [0.25, 0.3) is 0 Å². The fourth-order valence-corrected chi connectivity index (χ4v) is 2.39. The van der Waals surface area contributed by atoms with E-state index in [1.165, 1.54) is 6.42 Å². The van der Waals surface area contributed by atoms with Crippen LogP contribution in [0.4, 0.5) is 10.5 Å². The number of hydrogen-bond donors (Lipinski definition) is 1. The summed E-state index contributed by atoms with van der Waals surface area (Å²) in [7, 11) is 0. The molecular weight excluding hydrogens is 369 g/mol. The second-order valence-corrected chi connectivity index (χ2v) is 7.10. The molecule has 0 saturated heterocycles. The fraction of sp³-hybridized carbons (Fsp3) is 0.533. The van der Waals surface area contributed by atoms with Crippen LogP contribution >= 0.6 is 22.6 Å². The summed E-state index contributed by atoms with van der Waals surface area (Å²) in [6, 6.07) is 5.67. The van der Waals surface area contributed by atoms with E-state index in [4.69, 9.17) is 9.47 Å². The Morgan fingerprint density at radius 2 is 2.05 bits per heavy atom. The van der Waals surface area contributed by atoms with Gasteiger partial charge in [0.2, 0.25) is 0 Å². The third-order valence-electron chi connectivity index (χ3n) is 2.93. The number of halogens is 1. The molecule has 0 spiro atoms. The summed E-state index contributed by atoms with van der Waals surface area (Å²) < 4.78 is 12.0. The molecule has 0 unspecified atom stereocenters. The Kier molecular flexibility index (Phi) is 4.78. The molecule has 0 radical (unpaired) electrons. The molecule has 1 aliphatic rings. The van der Waals surface area contributed by atoms with Gasteiger partial charge in [-0.15, -0.1) is 0 Å². The Morgan fingerprint density at radius 3 is 2.55 bits per heavy atom. The molecule has 2 rings (SSSR count). The number of hydrogen-bond acceptors (Lipinski definition) is 3. The van der Waals surface area contributed by atoms with Gasteiger partial charge in [0.05, 0.1) is 11.8 Å². The summed E-state index contributed by atoms with van der Waals surface area (Å²) in [5.74, 6) is 0.855. The van der Waals surface area contributed by atoms with Gasteiger partial charge in [-0.1, -0.05) is 0 Å². The van der Waals surface area contributed by atoms with Crippen LogP contribution in [0.15, 0.2) is 18.2 Å². The monoisotopic (exact) mass is 389 g/mol. The van der Waals surface area contributed by atoms with E-state index < -0.39 is 11.7 Å². The highest BCUT2D eigenvalue weighted by Gasteiger charge is 2.20. The molecule has 1 amide bonds. The third kappa shape index (κ3) is 4.54. The van der Waals surface area contributed by atoms with E-state index in [2.05, 4.69) is 27.9 Å². The first-order chi connectivity index (χ1) is 9.33. The average Bonchev–Trinajstić information content (AvgIpc) is 2.24. The van der Waals surface area contributed by atoms with Crippen molar-refractivity contribution in [3.63, 3.8) is 0 Å². The molecule has 110 valence electrons. The van der Waals surface area contributed by atoms with Crippen LogP contribution < -0.4 is 10.1 Å². The molecule has 1 N–H and O–H groups in total. The zero-order valence-electron chi connectivity index (χ0n) is 12.0. The van der Waals surface area contributed by atoms with E-state index in [0.29, 0.717) is 6.10 Å². The average molecular weight is 389 g/mol. The van der Waals surface area contributed by atoms with E-state index in [0.717, 1.165) is 27.8 Å². The van der Waals surface area contributed by atoms with Gasteiger partial charge in [0.15, 0.2) is 0 Å². The van der Waals surface area contributed by atoms with Gasteiger partial charge in [-0.3, -0.25) is 5.32 Å². The minimum absolute atomic E-state index is 0.357. The second-order valence-electron chi connectivity index (χ2n) is 5.94. The number of benzene rings is 1. The van der Waals surface area contributed by atoms with Crippen LogP contribution in [-0.2, 0) is 4.74 Å². The molecule has 0 aliphatic heterocycles. The Labute approximate surface area is 133 Å². The van der Waals surface area contributed by atoms with Gasteiger partial charge in [-0.05, 0) is 80.8 Å². The molecule has 20 heavy (non-hydrogen) atoms. The lowest BCUT2D eigenvalue weighted by Gasteiger charge is -2.26. The van der Waals surface area contributed by atoms with Crippen LogP contribution in [-0.4, -0.2) is 17.8 Å². The number of anilines is 1. The van der Waals surface area contributed by atoms with Crippen molar-refractivity contribution in [2.45, 2.75) is 51.7 Å². The predicted molar refractivity (Wildman–Crippen MR) is 87.3 cm³/mol. The van der Waals surface area contributed by atoms with Crippen LogP contribution in [0.3, 0.4) is 0 Å². The summed E-state index contributed by atoms with van der Waals surface area (Å²) in [6.45, 7) is 5.52. The molecule has 1 aliphatic carbocycles. The van der Waals surface area contributed by atoms with Crippen LogP contribution in [0.2, 0.25) is 0 Å². The minimum atomic E-state index is -0.497. The van der Waals surface area contributed by atoms with E-state index in [9.17, 15) is 4.79 Å². The molecular formula is C15H20INO3.